The van der Waals surface area contributed by atoms with Gasteiger partial charge in [0.15, 0.2) is 0 Å². The third-order valence-corrected chi connectivity index (χ3v) is 2.65. The summed E-state index contributed by atoms with van der Waals surface area (Å²) < 4.78 is 2.07. The third kappa shape index (κ3) is 1.79. The number of rotatable bonds is 3. The molecule has 2 aromatic rings. The van der Waals surface area contributed by atoms with Crippen molar-refractivity contribution < 1.29 is 0 Å². The first kappa shape index (κ1) is 8.47. The second-order valence-corrected chi connectivity index (χ2v) is 3.59. The molecule has 3 nitrogen and oxygen atoms in total. The topological polar surface area (TPSA) is 43.8 Å². The molecule has 0 radical (unpaired) electrons. The zero-order valence-electron chi connectivity index (χ0n) is 7.18. The highest BCUT2D eigenvalue weighted by Gasteiger charge is 2.00. The smallest absolute Gasteiger partial charge is 0.122 e. The van der Waals surface area contributed by atoms with Gasteiger partial charge in [-0.25, -0.2) is 4.98 Å². The van der Waals surface area contributed by atoms with E-state index >= 15 is 0 Å². The lowest BCUT2D eigenvalue weighted by Crippen LogP contribution is -2.08. The molecule has 0 fully saturated rings. The summed E-state index contributed by atoms with van der Waals surface area (Å²) >= 11 is 1.71. The standard InChI is InChI=1S/C9H11N3S/c10-5-9-11-2-3-12(9)6-8-1-4-13-7-8/h1-4,7H,5-6,10H2. The summed E-state index contributed by atoms with van der Waals surface area (Å²) in [6.07, 6.45) is 3.74. The second-order valence-electron chi connectivity index (χ2n) is 2.81. The molecule has 13 heavy (non-hydrogen) atoms. The lowest BCUT2D eigenvalue weighted by Gasteiger charge is -2.03. The van der Waals surface area contributed by atoms with E-state index in [1.807, 2.05) is 6.20 Å². The molecular weight excluding hydrogens is 182 g/mol. The molecule has 0 aliphatic rings. The highest BCUT2D eigenvalue weighted by Crippen LogP contribution is 2.09. The van der Waals surface area contributed by atoms with Crippen LogP contribution in [0.4, 0.5) is 0 Å². The minimum Gasteiger partial charge on any atom is -0.329 e. The van der Waals surface area contributed by atoms with Gasteiger partial charge in [0.2, 0.25) is 0 Å². The lowest BCUT2D eigenvalue weighted by molar-refractivity contribution is 0.726. The van der Waals surface area contributed by atoms with Crippen molar-refractivity contribution in [3.8, 4) is 0 Å². The van der Waals surface area contributed by atoms with Gasteiger partial charge in [-0.15, -0.1) is 0 Å². The summed E-state index contributed by atoms with van der Waals surface area (Å²) in [5.41, 5.74) is 6.85. The maximum absolute atomic E-state index is 5.54. The molecule has 0 aliphatic carbocycles. The number of aromatic nitrogens is 2. The number of hydrogen-bond acceptors (Lipinski definition) is 3. The van der Waals surface area contributed by atoms with Crippen LogP contribution < -0.4 is 5.73 Å². The molecule has 0 aromatic carbocycles. The van der Waals surface area contributed by atoms with E-state index in [4.69, 9.17) is 5.73 Å². The monoisotopic (exact) mass is 193 g/mol. The Morgan fingerprint density at radius 3 is 3.15 bits per heavy atom. The van der Waals surface area contributed by atoms with Crippen LogP contribution in [0, 0.1) is 0 Å². The molecule has 0 saturated heterocycles. The van der Waals surface area contributed by atoms with Gasteiger partial charge in [0.05, 0.1) is 6.54 Å². The van der Waals surface area contributed by atoms with Crippen molar-refractivity contribution in [1.29, 1.82) is 0 Å². The molecule has 0 aliphatic heterocycles. The summed E-state index contributed by atoms with van der Waals surface area (Å²) in [6, 6.07) is 2.12. The molecule has 0 amide bonds. The van der Waals surface area contributed by atoms with Gasteiger partial charge in [-0.3, -0.25) is 0 Å². The van der Waals surface area contributed by atoms with Crippen molar-refractivity contribution in [1.82, 2.24) is 9.55 Å². The molecule has 2 heterocycles. The maximum Gasteiger partial charge on any atom is 0.122 e. The Bertz CT molecular complexity index is 364. The van der Waals surface area contributed by atoms with Crippen molar-refractivity contribution in [3.05, 3.63) is 40.6 Å². The van der Waals surface area contributed by atoms with Gasteiger partial charge in [0, 0.05) is 18.9 Å². The minimum absolute atomic E-state index is 0.497. The van der Waals surface area contributed by atoms with Crippen molar-refractivity contribution in [2.45, 2.75) is 13.1 Å². The third-order valence-electron chi connectivity index (χ3n) is 1.92. The van der Waals surface area contributed by atoms with E-state index in [0.29, 0.717) is 6.54 Å². The van der Waals surface area contributed by atoms with Crippen LogP contribution in [-0.4, -0.2) is 9.55 Å². The fourth-order valence-corrected chi connectivity index (χ4v) is 1.91. The van der Waals surface area contributed by atoms with Crippen LogP contribution in [0.3, 0.4) is 0 Å². The van der Waals surface area contributed by atoms with Crippen molar-refractivity contribution in [3.63, 3.8) is 0 Å². The van der Waals surface area contributed by atoms with E-state index < -0.39 is 0 Å². The van der Waals surface area contributed by atoms with Gasteiger partial charge in [-0.05, 0) is 22.4 Å². The van der Waals surface area contributed by atoms with Crippen molar-refractivity contribution in [2.75, 3.05) is 0 Å². The average molecular weight is 193 g/mol. The van der Waals surface area contributed by atoms with Gasteiger partial charge in [0.1, 0.15) is 5.82 Å². The van der Waals surface area contributed by atoms with Gasteiger partial charge in [-0.1, -0.05) is 0 Å². The first-order valence-electron chi connectivity index (χ1n) is 4.11. The van der Waals surface area contributed by atoms with E-state index in [1.165, 1.54) is 5.56 Å². The first-order valence-corrected chi connectivity index (χ1v) is 5.05. The average Bonchev–Trinajstić information content (AvgIpc) is 2.76. The second kappa shape index (κ2) is 3.72. The summed E-state index contributed by atoms with van der Waals surface area (Å²) in [5.74, 6) is 0.936. The minimum atomic E-state index is 0.497. The van der Waals surface area contributed by atoms with Crippen LogP contribution in [0.2, 0.25) is 0 Å². The molecular formula is C9H11N3S. The molecule has 0 saturated carbocycles. The summed E-state index contributed by atoms with van der Waals surface area (Å²) in [6.45, 7) is 1.37. The Kier molecular flexibility index (Phi) is 2.42. The number of nitrogens with zero attached hydrogens (tertiary/aromatic N) is 2. The molecule has 0 unspecified atom stereocenters. The Balaban J connectivity index is 2.18. The molecule has 2 rings (SSSR count). The van der Waals surface area contributed by atoms with Gasteiger partial charge in [0.25, 0.3) is 0 Å². The highest BCUT2D eigenvalue weighted by molar-refractivity contribution is 7.07. The van der Waals surface area contributed by atoms with Crippen LogP contribution in [0.25, 0.3) is 0 Å². The van der Waals surface area contributed by atoms with Crippen LogP contribution >= 0.6 is 11.3 Å². The Labute approximate surface area is 80.8 Å². The number of thiophene rings is 1. The number of hydrogen-bond donors (Lipinski definition) is 1. The molecule has 0 atom stereocenters. The molecule has 2 aromatic heterocycles. The molecule has 4 heteroatoms. The van der Waals surface area contributed by atoms with Crippen LogP contribution in [0.5, 0.6) is 0 Å². The summed E-state index contributed by atoms with van der Waals surface area (Å²) in [7, 11) is 0. The van der Waals surface area contributed by atoms with E-state index in [9.17, 15) is 0 Å². The fraction of sp³-hybridized carbons (Fsp3) is 0.222. The van der Waals surface area contributed by atoms with E-state index in [-0.39, 0.29) is 0 Å². The molecule has 0 spiro atoms. The predicted octanol–water partition coefficient (Wildman–Crippen LogP) is 1.45. The summed E-state index contributed by atoms with van der Waals surface area (Å²) in [4.78, 5) is 4.16. The lowest BCUT2D eigenvalue weighted by atomic mass is 10.3. The van der Waals surface area contributed by atoms with Gasteiger partial charge >= 0.3 is 0 Å². The zero-order valence-corrected chi connectivity index (χ0v) is 8.00. The van der Waals surface area contributed by atoms with Gasteiger partial charge in [-0.2, -0.15) is 11.3 Å². The van der Waals surface area contributed by atoms with E-state index in [0.717, 1.165) is 12.4 Å². The molecule has 68 valence electrons. The Hall–Kier alpha value is -1.13. The largest absolute Gasteiger partial charge is 0.329 e. The molecule has 2 N–H and O–H groups in total. The van der Waals surface area contributed by atoms with Crippen LogP contribution in [0.15, 0.2) is 29.2 Å². The van der Waals surface area contributed by atoms with E-state index in [2.05, 4.69) is 26.4 Å². The van der Waals surface area contributed by atoms with Gasteiger partial charge < -0.3 is 10.3 Å². The quantitative estimate of drug-likeness (QED) is 0.801. The Morgan fingerprint density at radius 2 is 2.46 bits per heavy atom. The highest BCUT2D eigenvalue weighted by atomic mass is 32.1. The molecule has 0 bridgehead atoms. The van der Waals surface area contributed by atoms with Crippen molar-refractivity contribution >= 4 is 11.3 Å². The fourth-order valence-electron chi connectivity index (χ4n) is 1.25. The van der Waals surface area contributed by atoms with E-state index in [1.54, 1.807) is 17.5 Å². The Morgan fingerprint density at radius 1 is 1.54 bits per heavy atom. The maximum atomic E-state index is 5.54. The first-order chi connectivity index (χ1) is 6.40. The predicted molar refractivity (Wildman–Crippen MR) is 53.5 cm³/mol. The zero-order chi connectivity index (χ0) is 9.10. The van der Waals surface area contributed by atoms with Crippen molar-refractivity contribution in [2.24, 2.45) is 5.73 Å². The SMILES string of the molecule is NCc1nccn1Cc1ccsc1. The summed E-state index contributed by atoms with van der Waals surface area (Å²) in [5, 5.41) is 4.22. The van der Waals surface area contributed by atoms with Crippen LogP contribution in [-0.2, 0) is 13.1 Å². The van der Waals surface area contributed by atoms with Crippen LogP contribution in [0.1, 0.15) is 11.4 Å². The normalized spacial score (nSPS) is 10.5. The number of nitrogens with two attached hydrogens (primary N) is 1. The number of imidazole rings is 1.